The van der Waals surface area contributed by atoms with Gasteiger partial charge in [-0.25, -0.2) is 0 Å². The summed E-state index contributed by atoms with van der Waals surface area (Å²) in [6.45, 7) is 0. The predicted octanol–water partition coefficient (Wildman–Crippen LogP) is 4.17. The SMILES string of the molecule is BrC1CCCC(c2cccs2)C1. The average Bonchev–Trinajstić information content (AvgIpc) is 2.56. The van der Waals surface area contributed by atoms with E-state index in [9.17, 15) is 0 Å². The van der Waals surface area contributed by atoms with Crippen LogP contribution in [0.1, 0.15) is 36.5 Å². The van der Waals surface area contributed by atoms with Gasteiger partial charge in [0.05, 0.1) is 0 Å². The molecule has 0 bridgehead atoms. The Morgan fingerprint density at radius 3 is 3.00 bits per heavy atom. The van der Waals surface area contributed by atoms with Gasteiger partial charge in [0.15, 0.2) is 0 Å². The van der Waals surface area contributed by atoms with Crippen molar-refractivity contribution in [3.05, 3.63) is 22.4 Å². The Bertz CT molecular complexity index is 230. The van der Waals surface area contributed by atoms with Crippen LogP contribution in [-0.4, -0.2) is 4.83 Å². The van der Waals surface area contributed by atoms with Crippen molar-refractivity contribution >= 4 is 27.3 Å². The topological polar surface area (TPSA) is 0 Å². The molecule has 1 aliphatic rings. The molecule has 0 N–H and O–H groups in total. The third-order valence-corrected chi connectivity index (χ3v) is 4.42. The Morgan fingerprint density at radius 1 is 1.42 bits per heavy atom. The van der Waals surface area contributed by atoms with Gasteiger partial charge in [0.25, 0.3) is 0 Å². The Morgan fingerprint density at radius 2 is 2.33 bits per heavy atom. The van der Waals surface area contributed by atoms with Gasteiger partial charge in [-0.05, 0) is 36.6 Å². The lowest BCUT2D eigenvalue weighted by Crippen LogP contribution is -2.12. The Kier molecular flexibility index (Phi) is 2.87. The van der Waals surface area contributed by atoms with Gasteiger partial charge >= 0.3 is 0 Å². The first-order valence-corrected chi connectivity index (χ1v) is 6.33. The van der Waals surface area contributed by atoms with Crippen LogP contribution in [0.2, 0.25) is 0 Å². The van der Waals surface area contributed by atoms with Crippen LogP contribution >= 0.6 is 27.3 Å². The second-order valence-corrected chi connectivity index (χ2v) is 5.75. The summed E-state index contributed by atoms with van der Waals surface area (Å²) < 4.78 is 0. The molecular weight excluding hydrogens is 232 g/mol. The third kappa shape index (κ3) is 1.91. The first-order valence-electron chi connectivity index (χ1n) is 4.54. The molecule has 66 valence electrons. The predicted molar refractivity (Wildman–Crippen MR) is 58.2 cm³/mol. The van der Waals surface area contributed by atoms with E-state index in [4.69, 9.17) is 0 Å². The van der Waals surface area contributed by atoms with Crippen LogP contribution in [0.15, 0.2) is 17.5 Å². The zero-order valence-corrected chi connectivity index (χ0v) is 9.40. The lowest BCUT2D eigenvalue weighted by Gasteiger charge is -2.24. The van der Waals surface area contributed by atoms with Gasteiger partial charge in [-0.1, -0.05) is 28.4 Å². The van der Waals surface area contributed by atoms with E-state index >= 15 is 0 Å². The van der Waals surface area contributed by atoms with Crippen LogP contribution in [0.4, 0.5) is 0 Å². The van der Waals surface area contributed by atoms with Crippen molar-refractivity contribution in [2.24, 2.45) is 0 Å². The van der Waals surface area contributed by atoms with Crippen LogP contribution < -0.4 is 0 Å². The number of rotatable bonds is 1. The standard InChI is InChI=1S/C10H13BrS/c11-9-4-1-3-8(7-9)10-5-2-6-12-10/h2,5-6,8-9H,1,3-4,7H2. The van der Waals surface area contributed by atoms with E-state index in [1.807, 2.05) is 11.3 Å². The summed E-state index contributed by atoms with van der Waals surface area (Å²) in [5, 5.41) is 2.19. The number of alkyl halides is 1. The van der Waals surface area contributed by atoms with E-state index in [-0.39, 0.29) is 0 Å². The quantitative estimate of drug-likeness (QED) is 0.651. The van der Waals surface area contributed by atoms with Crippen molar-refractivity contribution in [2.75, 3.05) is 0 Å². The normalized spacial score (nSPS) is 30.4. The van der Waals surface area contributed by atoms with Crippen LogP contribution in [-0.2, 0) is 0 Å². The van der Waals surface area contributed by atoms with E-state index in [0.29, 0.717) is 0 Å². The molecule has 12 heavy (non-hydrogen) atoms. The molecule has 2 heteroatoms. The monoisotopic (exact) mass is 244 g/mol. The van der Waals surface area contributed by atoms with Crippen molar-refractivity contribution in [3.63, 3.8) is 0 Å². The van der Waals surface area contributed by atoms with Crippen molar-refractivity contribution in [1.82, 2.24) is 0 Å². The van der Waals surface area contributed by atoms with Crippen LogP contribution in [0.5, 0.6) is 0 Å². The van der Waals surface area contributed by atoms with E-state index < -0.39 is 0 Å². The van der Waals surface area contributed by atoms with E-state index in [1.54, 1.807) is 4.88 Å². The first kappa shape index (κ1) is 8.76. The van der Waals surface area contributed by atoms with Gasteiger partial charge in [0, 0.05) is 9.70 Å². The van der Waals surface area contributed by atoms with Crippen LogP contribution in [0.25, 0.3) is 0 Å². The second kappa shape index (κ2) is 3.93. The molecule has 2 unspecified atom stereocenters. The van der Waals surface area contributed by atoms with Gasteiger partial charge in [-0.3, -0.25) is 0 Å². The molecule has 2 atom stereocenters. The van der Waals surface area contributed by atoms with Crippen LogP contribution in [0.3, 0.4) is 0 Å². The maximum atomic E-state index is 3.72. The molecule has 0 spiro atoms. The van der Waals surface area contributed by atoms with Crippen LogP contribution in [0, 0.1) is 0 Å². The van der Waals surface area contributed by atoms with Gasteiger partial charge in [0.2, 0.25) is 0 Å². The molecule has 0 aromatic carbocycles. The highest BCUT2D eigenvalue weighted by molar-refractivity contribution is 9.09. The fourth-order valence-electron chi connectivity index (χ4n) is 1.91. The van der Waals surface area contributed by atoms with Gasteiger partial charge in [0.1, 0.15) is 0 Å². The maximum absolute atomic E-state index is 3.72. The summed E-state index contributed by atoms with van der Waals surface area (Å²) in [7, 11) is 0. The largest absolute Gasteiger partial charge is 0.149 e. The van der Waals surface area contributed by atoms with Gasteiger partial charge in [-0.15, -0.1) is 11.3 Å². The number of halogens is 1. The molecule has 1 aromatic rings. The molecule has 1 saturated carbocycles. The minimum absolute atomic E-state index is 0.762. The summed E-state index contributed by atoms with van der Waals surface area (Å²) in [6, 6.07) is 4.44. The molecule has 1 fully saturated rings. The molecule has 2 rings (SSSR count). The molecule has 0 amide bonds. The molecular formula is C10H13BrS. The lowest BCUT2D eigenvalue weighted by atomic mass is 9.88. The average molecular weight is 245 g/mol. The van der Waals surface area contributed by atoms with E-state index in [2.05, 4.69) is 33.4 Å². The third-order valence-electron chi connectivity index (χ3n) is 2.56. The summed E-state index contributed by atoms with van der Waals surface area (Å²) >= 11 is 5.63. The molecule has 1 heterocycles. The molecule has 0 nitrogen and oxygen atoms in total. The summed E-state index contributed by atoms with van der Waals surface area (Å²) in [5.74, 6) is 0.836. The molecule has 0 radical (unpaired) electrons. The molecule has 1 aliphatic carbocycles. The second-order valence-electron chi connectivity index (χ2n) is 3.48. The molecule has 0 aliphatic heterocycles. The number of thiophene rings is 1. The first-order chi connectivity index (χ1) is 5.86. The summed E-state index contributed by atoms with van der Waals surface area (Å²) in [5.41, 5.74) is 0. The number of hydrogen-bond donors (Lipinski definition) is 0. The summed E-state index contributed by atoms with van der Waals surface area (Å²) in [6.07, 6.45) is 5.48. The zero-order chi connectivity index (χ0) is 8.39. The Hall–Kier alpha value is 0.180. The Balaban J connectivity index is 2.04. The van der Waals surface area contributed by atoms with Gasteiger partial charge in [-0.2, -0.15) is 0 Å². The highest BCUT2D eigenvalue weighted by Crippen LogP contribution is 2.37. The Labute approximate surface area is 86.1 Å². The number of hydrogen-bond acceptors (Lipinski definition) is 1. The van der Waals surface area contributed by atoms with E-state index in [1.165, 1.54) is 25.7 Å². The maximum Gasteiger partial charge on any atom is 0.0151 e. The highest BCUT2D eigenvalue weighted by atomic mass is 79.9. The molecule has 1 aromatic heterocycles. The van der Waals surface area contributed by atoms with Crippen molar-refractivity contribution in [2.45, 2.75) is 36.4 Å². The highest BCUT2D eigenvalue weighted by Gasteiger charge is 2.21. The fraction of sp³-hybridized carbons (Fsp3) is 0.600. The van der Waals surface area contributed by atoms with Crippen molar-refractivity contribution in [3.8, 4) is 0 Å². The smallest absolute Gasteiger partial charge is 0.0151 e. The van der Waals surface area contributed by atoms with E-state index in [0.717, 1.165) is 10.7 Å². The van der Waals surface area contributed by atoms with Crippen molar-refractivity contribution in [1.29, 1.82) is 0 Å². The lowest BCUT2D eigenvalue weighted by molar-refractivity contribution is 0.463. The fourth-order valence-corrected chi connectivity index (χ4v) is 3.57. The van der Waals surface area contributed by atoms with Crippen molar-refractivity contribution < 1.29 is 0 Å². The minimum Gasteiger partial charge on any atom is -0.149 e. The molecule has 0 saturated heterocycles. The van der Waals surface area contributed by atoms with Gasteiger partial charge < -0.3 is 0 Å². The zero-order valence-electron chi connectivity index (χ0n) is 7.00. The summed E-state index contributed by atoms with van der Waals surface area (Å²) in [4.78, 5) is 2.34. The minimum atomic E-state index is 0.762.